The van der Waals surface area contributed by atoms with Crippen LogP contribution < -0.4 is 5.32 Å². The predicted molar refractivity (Wildman–Crippen MR) is 100 cm³/mol. The maximum atomic E-state index is 14.5. The number of rotatable bonds is 1. The Bertz CT molecular complexity index is 1090. The van der Waals surface area contributed by atoms with Gasteiger partial charge in [-0.1, -0.05) is 36.4 Å². The number of halogens is 1. The van der Waals surface area contributed by atoms with Crippen molar-refractivity contribution in [2.45, 2.75) is 25.3 Å². The number of anilines is 1. The topological polar surface area (TPSA) is 42.0 Å². The first-order chi connectivity index (χ1) is 12.7. The molecule has 1 N–H and O–H groups in total. The van der Waals surface area contributed by atoms with E-state index in [1.807, 2.05) is 30.3 Å². The summed E-state index contributed by atoms with van der Waals surface area (Å²) in [5, 5.41) is 4.43. The summed E-state index contributed by atoms with van der Waals surface area (Å²) in [5.41, 5.74) is 5.08. The Balaban J connectivity index is 1.81. The highest BCUT2D eigenvalue weighted by atomic mass is 19.1. The Morgan fingerprint density at radius 2 is 1.85 bits per heavy atom. The Morgan fingerprint density at radius 1 is 1.04 bits per heavy atom. The minimum atomic E-state index is -0.463. The Hall–Kier alpha value is -3.01. The van der Waals surface area contributed by atoms with Crippen LogP contribution in [0.15, 0.2) is 60.3 Å². The molecule has 4 heteroatoms. The van der Waals surface area contributed by atoms with Gasteiger partial charge in [-0.3, -0.25) is 9.78 Å². The summed E-state index contributed by atoms with van der Waals surface area (Å²) in [4.78, 5) is 17.4. The first-order valence-electron chi connectivity index (χ1n) is 8.89. The summed E-state index contributed by atoms with van der Waals surface area (Å²) in [5.74, 6) is -0.189. The second kappa shape index (κ2) is 5.77. The number of pyridine rings is 1. The molecule has 3 aromatic rings. The molecular formula is C22H17FN2O. The van der Waals surface area contributed by atoms with Gasteiger partial charge in [0.05, 0.1) is 23.4 Å². The van der Waals surface area contributed by atoms with Crippen LogP contribution in [-0.4, -0.2) is 10.8 Å². The molecule has 2 heterocycles. The van der Waals surface area contributed by atoms with Gasteiger partial charge in [0.1, 0.15) is 5.82 Å². The average molecular weight is 344 g/mol. The van der Waals surface area contributed by atoms with Crippen LogP contribution in [-0.2, 0) is 4.79 Å². The van der Waals surface area contributed by atoms with Crippen molar-refractivity contribution in [3.63, 3.8) is 0 Å². The number of nitrogens with one attached hydrogen (secondary N) is 1. The van der Waals surface area contributed by atoms with E-state index in [-0.39, 0.29) is 11.6 Å². The lowest BCUT2D eigenvalue weighted by Crippen LogP contribution is -2.28. The Morgan fingerprint density at radius 3 is 2.73 bits per heavy atom. The number of carbonyl (C=O) groups is 1. The molecule has 2 aromatic carbocycles. The molecule has 3 nitrogen and oxygen atoms in total. The maximum absolute atomic E-state index is 14.5. The van der Waals surface area contributed by atoms with Gasteiger partial charge in [-0.2, -0.15) is 0 Å². The fourth-order valence-corrected chi connectivity index (χ4v) is 4.20. The summed E-state index contributed by atoms with van der Waals surface area (Å²) in [7, 11) is 0. The Labute approximate surface area is 150 Å². The molecule has 1 aliphatic carbocycles. The molecule has 1 unspecified atom stereocenters. The van der Waals surface area contributed by atoms with Crippen molar-refractivity contribution in [1.29, 1.82) is 0 Å². The summed E-state index contributed by atoms with van der Waals surface area (Å²) in [6.07, 6.45) is 3.98. The van der Waals surface area contributed by atoms with E-state index >= 15 is 0 Å². The highest BCUT2D eigenvalue weighted by Gasteiger charge is 2.36. The molecular weight excluding hydrogens is 327 g/mol. The molecule has 1 aromatic heterocycles. The second-order valence-corrected chi connectivity index (χ2v) is 6.83. The smallest absolute Gasteiger partial charge is 0.161 e. The number of benzene rings is 2. The zero-order chi connectivity index (χ0) is 17.7. The number of Topliss-reactive ketones (excluding diaryl/α,β-unsaturated/α-hetero) is 1. The van der Waals surface area contributed by atoms with Gasteiger partial charge in [0, 0.05) is 28.5 Å². The molecule has 1 atom stereocenters. The van der Waals surface area contributed by atoms with Crippen LogP contribution in [0, 0.1) is 5.82 Å². The minimum Gasteiger partial charge on any atom is -0.372 e. The van der Waals surface area contributed by atoms with Gasteiger partial charge in [0.2, 0.25) is 0 Å². The standard InChI is InChI=1S/C22H17FN2O/c23-16-9-3-1-6-13(16)22-21-15(8-5-11-19(21)26)20-14-7-2-4-10-17(14)24-12-18(20)25-22/h1-4,6-7,9-10,12,22,25H,5,8,11H2. The number of para-hydroxylation sites is 1. The van der Waals surface area contributed by atoms with E-state index in [4.69, 9.17) is 0 Å². The molecule has 0 bridgehead atoms. The number of carbonyl (C=O) groups excluding carboxylic acids is 1. The number of allylic oxidation sites excluding steroid dienone is 1. The van der Waals surface area contributed by atoms with Crippen molar-refractivity contribution in [3.8, 4) is 0 Å². The van der Waals surface area contributed by atoms with Crippen molar-refractivity contribution in [2.75, 3.05) is 5.32 Å². The zero-order valence-corrected chi connectivity index (χ0v) is 14.1. The third-order valence-corrected chi connectivity index (χ3v) is 5.34. The predicted octanol–water partition coefficient (Wildman–Crippen LogP) is 5.05. The van der Waals surface area contributed by atoms with Gasteiger partial charge in [0.25, 0.3) is 0 Å². The van der Waals surface area contributed by atoms with Crippen LogP contribution in [0.4, 0.5) is 10.1 Å². The summed E-state index contributed by atoms with van der Waals surface area (Å²) < 4.78 is 14.5. The van der Waals surface area contributed by atoms with Crippen LogP contribution >= 0.6 is 0 Å². The lowest BCUT2D eigenvalue weighted by atomic mass is 9.77. The first kappa shape index (κ1) is 15.3. The number of nitrogens with zero attached hydrogens (tertiary/aromatic N) is 1. The number of hydrogen-bond donors (Lipinski definition) is 1. The molecule has 128 valence electrons. The Kier molecular flexibility index (Phi) is 3.38. The third-order valence-electron chi connectivity index (χ3n) is 5.34. The molecule has 0 amide bonds. The largest absolute Gasteiger partial charge is 0.372 e. The van der Waals surface area contributed by atoms with E-state index in [9.17, 15) is 9.18 Å². The molecule has 0 saturated carbocycles. The summed E-state index contributed by atoms with van der Waals surface area (Å²) >= 11 is 0. The van der Waals surface area contributed by atoms with Gasteiger partial charge in [-0.15, -0.1) is 0 Å². The lowest BCUT2D eigenvalue weighted by molar-refractivity contribution is -0.116. The molecule has 1 aliphatic heterocycles. The fraction of sp³-hybridized carbons (Fsp3) is 0.182. The number of fused-ring (bicyclic) bond motifs is 4. The SMILES string of the molecule is O=C1CCCC2=C1C(c1ccccc1F)Nc1cnc3ccccc3c12. The van der Waals surface area contributed by atoms with Gasteiger partial charge in [-0.25, -0.2) is 4.39 Å². The van der Waals surface area contributed by atoms with Gasteiger partial charge >= 0.3 is 0 Å². The number of aromatic nitrogens is 1. The monoisotopic (exact) mass is 344 g/mol. The molecule has 0 spiro atoms. The van der Waals surface area contributed by atoms with E-state index in [0.29, 0.717) is 17.6 Å². The van der Waals surface area contributed by atoms with Gasteiger partial charge in [0.15, 0.2) is 5.78 Å². The van der Waals surface area contributed by atoms with E-state index in [1.165, 1.54) is 6.07 Å². The summed E-state index contributed by atoms with van der Waals surface area (Å²) in [6.45, 7) is 0. The molecule has 26 heavy (non-hydrogen) atoms. The van der Waals surface area contributed by atoms with Crippen LogP contribution in [0.1, 0.15) is 36.4 Å². The number of ketones is 1. The van der Waals surface area contributed by atoms with Gasteiger partial charge in [-0.05, 0) is 30.5 Å². The molecule has 2 aliphatic rings. The average Bonchev–Trinajstić information content (AvgIpc) is 2.67. The highest BCUT2D eigenvalue weighted by molar-refractivity contribution is 6.11. The summed E-state index contributed by atoms with van der Waals surface area (Å²) in [6, 6.07) is 14.2. The highest BCUT2D eigenvalue weighted by Crippen LogP contribution is 2.47. The van der Waals surface area contributed by atoms with Crippen molar-refractivity contribution in [1.82, 2.24) is 4.98 Å². The minimum absolute atomic E-state index is 0.110. The molecule has 0 radical (unpaired) electrons. The van der Waals surface area contributed by atoms with Crippen molar-refractivity contribution in [3.05, 3.63) is 77.2 Å². The second-order valence-electron chi connectivity index (χ2n) is 6.83. The van der Waals surface area contributed by atoms with E-state index < -0.39 is 6.04 Å². The van der Waals surface area contributed by atoms with Crippen molar-refractivity contribution >= 4 is 27.9 Å². The first-order valence-corrected chi connectivity index (χ1v) is 8.89. The maximum Gasteiger partial charge on any atom is 0.161 e. The van der Waals surface area contributed by atoms with Gasteiger partial charge < -0.3 is 5.32 Å². The van der Waals surface area contributed by atoms with E-state index in [2.05, 4.69) is 10.3 Å². The molecule has 0 saturated heterocycles. The molecule has 0 fully saturated rings. The van der Waals surface area contributed by atoms with E-state index in [0.717, 1.165) is 40.6 Å². The number of hydrogen-bond acceptors (Lipinski definition) is 3. The fourth-order valence-electron chi connectivity index (χ4n) is 4.20. The quantitative estimate of drug-likeness (QED) is 0.672. The van der Waals surface area contributed by atoms with Crippen molar-refractivity contribution < 1.29 is 9.18 Å². The normalized spacial score (nSPS) is 19.1. The van der Waals surface area contributed by atoms with Crippen LogP contribution in [0.2, 0.25) is 0 Å². The zero-order valence-electron chi connectivity index (χ0n) is 14.1. The van der Waals surface area contributed by atoms with Crippen LogP contribution in [0.3, 0.4) is 0 Å². The van der Waals surface area contributed by atoms with Crippen LogP contribution in [0.25, 0.3) is 16.5 Å². The molecule has 5 rings (SSSR count). The third kappa shape index (κ3) is 2.18. The lowest BCUT2D eigenvalue weighted by Gasteiger charge is -2.34. The van der Waals surface area contributed by atoms with Crippen molar-refractivity contribution in [2.24, 2.45) is 0 Å². The van der Waals surface area contributed by atoms with Crippen LogP contribution in [0.5, 0.6) is 0 Å². The van der Waals surface area contributed by atoms with E-state index in [1.54, 1.807) is 18.3 Å².